The minimum Gasteiger partial charge on any atom is -0.505 e. The highest BCUT2D eigenvalue weighted by atomic mass is 19.1. The van der Waals surface area contributed by atoms with E-state index in [1.54, 1.807) is 0 Å². The topological polar surface area (TPSA) is 157 Å². The summed E-state index contributed by atoms with van der Waals surface area (Å²) >= 11 is 0. The van der Waals surface area contributed by atoms with Crippen LogP contribution in [0.4, 0.5) is 10.2 Å². The first-order valence-electron chi connectivity index (χ1n) is 10.0. The molecule has 1 aliphatic carbocycles. The van der Waals surface area contributed by atoms with Crippen LogP contribution in [0.2, 0.25) is 0 Å². The molecular formula is C21H18FN5O5. The molecule has 32 heavy (non-hydrogen) atoms. The number of halogens is 1. The minimum absolute atomic E-state index is 0.0248. The maximum Gasteiger partial charge on any atom is 0.306 e. The Bertz CT molecular complexity index is 1440. The number of fused-ring (bicyclic) bond motifs is 2. The maximum absolute atomic E-state index is 14.0. The molecule has 0 bridgehead atoms. The van der Waals surface area contributed by atoms with Gasteiger partial charge in [0.25, 0.3) is 5.56 Å². The van der Waals surface area contributed by atoms with Crippen molar-refractivity contribution in [3.05, 3.63) is 40.9 Å². The molecule has 1 saturated carbocycles. The Hall–Kier alpha value is -4.02. The Labute approximate surface area is 179 Å². The highest BCUT2D eigenvalue weighted by Gasteiger charge is 2.30. The smallest absolute Gasteiger partial charge is 0.306 e. The van der Waals surface area contributed by atoms with Gasteiger partial charge in [-0.05, 0) is 31.7 Å². The van der Waals surface area contributed by atoms with Gasteiger partial charge in [0.2, 0.25) is 0 Å². The number of aromatic hydroxyl groups is 1. The van der Waals surface area contributed by atoms with Crippen LogP contribution in [0.15, 0.2) is 33.9 Å². The predicted molar refractivity (Wildman–Crippen MR) is 111 cm³/mol. The van der Waals surface area contributed by atoms with E-state index in [0.717, 1.165) is 12.1 Å². The molecular weight excluding hydrogens is 421 g/mol. The molecule has 1 fully saturated rings. The molecule has 0 atom stereocenters. The highest BCUT2D eigenvalue weighted by Crippen LogP contribution is 2.36. The average Bonchev–Trinajstić information content (AvgIpc) is 3.16. The van der Waals surface area contributed by atoms with Crippen LogP contribution in [0.5, 0.6) is 5.75 Å². The number of phenolic OH excluding ortho intramolecular Hbond substituents is 1. The van der Waals surface area contributed by atoms with E-state index < -0.39 is 29.0 Å². The summed E-state index contributed by atoms with van der Waals surface area (Å²) in [5.41, 5.74) is 6.40. The highest BCUT2D eigenvalue weighted by molar-refractivity contribution is 5.95. The second kappa shape index (κ2) is 7.29. The third kappa shape index (κ3) is 3.04. The van der Waals surface area contributed by atoms with Crippen molar-refractivity contribution in [3.8, 4) is 17.0 Å². The second-order valence-electron chi connectivity index (χ2n) is 7.86. The van der Waals surface area contributed by atoms with E-state index in [1.165, 1.54) is 17.2 Å². The number of nitrogens with two attached hydrogens (primary N) is 1. The van der Waals surface area contributed by atoms with Crippen molar-refractivity contribution < 1.29 is 23.8 Å². The van der Waals surface area contributed by atoms with E-state index in [9.17, 15) is 24.2 Å². The predicted octanol–water partition coefficient (Wildman–Crippen LogP) is 2.84. The van der Waals surface area contributed by atoms with Gasteiger partial charge in [-0.1, -0.05) is 0 Å². The lowest BCUT2D eigenvalue weighted by Crippen LogP contribution is -2.32. The van der Waals surface area contributed by atoms with Gasteiger partial charge in [-0.25, -0.2) is 19.3 Å². The molecule has 3 heterocycles. The maximum atomic E-state index is 14.0. The van der Waals surface area contributed by atoms with Gasteiger partial charge in [0, 0.05) is 17.5 Å². The average molecular weight is 439 g/mol. The number of carboxylic acid groups (broad SMARTS) is 1. The van der Waals surface area contributed by atoms with E-state index in [1.807, 2.05) is 0 Å². The molecule has 1 aliphatic rings. The van der Waals surface area contributed by atoms with Crippen LogP contribution in [0.3, 0.4) is 0 Å². The van der Waals surface area contributed by atoms with Crippen molar-refractivity contribution in [2.75, 3.05) is 5.73 Å². The number of hydrogen-bond acceptors (Lipinski definition) is 8. The lowest BCUT2D eigenvalue weighted by Gasteiger charge is -2.28. The molecule has 164 valence electrons. The van der Waals surface area contributed by atoms with Crippen molar-refractivity contribution >= 4 is 33.9 Å². The second-order valence-corrected chi connectivity index (χ2v) is 7.86. The molecule has 3 aromatic heterocycles. The van der Waals surface area contributed by atoms with Crippen molar-refractivity contribution in [2.24, 2.45) is 5.92 Å². The van der Waals surface area contributed by atoms with Crippen molar-refractivity contribution in [3.63, 3.8) is 0 Å². The molecule has 0 spiro atoms. The van der Waals surface area contributed by atoms with Crippen LogP contribution in [-0.2, 0) is 4.79 Å². The summed E-state index contributed by atoms with van der Waals surface area (Å²) in [6, 6.07) is 1.89. The molecule has 11 heteroatoms. The number of anilines is 1. The third-order valence-corrected chi connectivity index (χ3v) is 6.01. The zero-order valence-corrected chi connectivity index (χ0v) is 16.7. The Morgan fingerprint density at radius 1 is 1.22 bits per heavy atom. The zero-order chi connectivity index (χ0) is 22.6. The van der Waals surface area contributed by atoms with Crippen molar-refractivity contribution in [1.29, 1.82) is 0 Å². The quantitative estimate of drug-likeness (QED) is 0.436. The summed E-state index contributed by atoms with van der Waals surface area (Å²) in [5, 5.41) is 19.2. The molecule has 0 saturated heterocycles. The summed E-state index contributed by atoms with van der Waals surface area (Å²) in [5.74, 6) is -2.67. The number of aromatic nitrogens is 4. The Morgan fingerprint density at radius 2 is 1.97 bits per heavy atom. The SMILES string of the molecule is Nc1ncnc2c1nc(-c1coc3cc(O)c(F)cc13)c(=O)n2C1CCC(C(=O)O)CC1. The molecule has 1 aromatic carbocycles. The third-order valence-electron chi connectivity index (χ3n) is 6.01. The standard InChI is InChI=1S/C21H18FN5O5/c22-13-5-11-12(7-32-15(11)6-14(13)28)16-20(29)27(10-3-1-9(2-4-10)21(30)31)19-17(26-16)18(23)24-8-25-19/h5-10,28H,1-4H2,(H,30,31)(H2,23,24,25). The number of nitrogen functional groups attached to an aromatic ring is 1. The van der Waals surface area contributed by atoms with Crippen LogP contribution in [0.25, 0.3) is 33.4 Å². The van der Waals surface area contributed by atoms with Gasteiger partial charge >= 0.3 is 5.97 Å². The van der Waals surface area contributed by atoms with E-state index in [2.05, 4.69) is 15.0 Å². The van der Waals surface area contributed by atoms with E-state index in [0.29, 0.717) is 25.7 Å². The number of phenols is 1. The number of benzene rings is 1. The lowest BCUT2D eigenvalue weighted by atomic mass is 9.86. The van der Waals surface area contributed by atoms with E-state index >= 15 is 0 Å². The molecule has 4 N–H and O–H groups in total. The number of aliphatic carboxylic acids is 1. The number of carbonyl (C=O) groups is 1. The van der Waals surface area contributed by atoms with Gasteiger partial charge in [-0.3, -0.25) is 14.2 Å². The van der Waals surface area contributed by atoms with Crippen LogP contribution < -0.4 is 11.3 Å². The number of hydrogen-bond donors (Lipinski definition) is 3. The summed E-state index contributed by atoms with van der Waals surface area (Å²) in [6.45, 7) is 0. The fourth-order valence-electron chi connectivity index (χ4n) is 4.35. The molecule has 5 rings (SSSR count). The van der Waals surface area contributed by atoms with Gasteiger partial charge in [-0.2, -0.15) is 0 Å². The number of carboxylic acids is 1. The molecule has 0 radical (unpaired) electrons. The Balaban J connectivity index is 1.73. The van der Waals surface area contributed by atoms with Gasteiger partial charge in [0.05, 0.1) is 11.5 Å². The lowest BCUT2D eigenvalue weighted by molar-refractivity contribution is -0.143. The van der Waals surface area contributed by atoms with E-state index in [4.69, 9.17) is 10.2 Å². The molecule has 10 nitrogen and oxygen atoms in total. The van der Waals surface area contributed by atoms with Gasteiger partial charge < -0.3 is 20.4 Å². The molecule has 0 unspecified atom stereocenters. The Morgan fingerprint density at radius 3 is 2.69 bits per heavy atom. The number of nitrogens with zero attached hydrogens (tertiary/aromatic N) is 4. The van der Waals surface area contributed by atoms with E-state index in [-0.39, 0.29) is 45.3 Å². The van der Waals surface area contributed by atoms with Crippen LogP contribution in [0, 0.1) is 11.7 Å². The van der Waals surface area contributed by atoms with Crippen LogP contribution >= 0.6 is 0 Å². The summed E-state index contributed by atoms with van der Waals surface area (Å²) in [7, 11) is 0. The van der Waals surface area contributed by atoms with Gasteiger partial charge in [0.15, 0.2) is 23.0 Å². The summed E-state index contributed by atoms with van der Waals surface area (Å²) in [4.78, 5) is 37.5. The zero-order valence-electron chi connectivity index (χ0n) is 16.7. The minimum atomic E-state index is -0.865. The van der Waals surface area contributed by atoms with Crippen LogP contribution in [-0.4, -0.2) is 35.7 Å². The normalized spacial score (nSPS) is 18.9. The first-order chi connectivity index (χ1) is 15.3. The number of rotatable bonds is 3. The first-order valence-corrected chi connectivity index (χ1v) is 10.0. The summed E-state index contributed by atoms with van der Waals surface area (Å²) in [6.07, 6.45) is 4.28. The summed E-state index contributed by atoms with van der Waals surface area (Å²) < 4.78 is 20.9. The fourth-order valence-corrected chi connectivity index (χ4v) is 4.35. The first kappa shape index (κ1) is 19.9. The molecule has 0 aliphatic heterocycles. The van der Waals surface area contributed by atoms with Gasteiger partial charge in [-0.15, -0.1) is 0 Å². The van der Waals surface area contributed by atoms with Crippen molar-refractivity contribution in [2.45, 2.75) is 31.7 Å². The van der Waals surface area contributed by atoms with Gasteiger partial charge in [0.1, 0.15) is 29.4 Å². The van der Waals surface area contributed by atoms with Crippen LogP contribution in [0.1, 0.15) is 31.7 Å². The largest absolute Gasteiger partial charge is 0.505 e. The Kier molecular flexibility index (Phi) is 4.54. The number of furan rings is 1. The molecule has 0 amide bonds. The molecule has 4 aromatic rings. The van der Waals surface area contributed by atoms with Crippen molar-refractivity contribution in [1.82, 2.24) is 19.5 Å². The monoisotopic (exact) mass is 439 g/mol. The fraction of sp³-hybridized carbons (Fsp3) is 0.286.